The standard InChI is InChI=1S/C7H16N/c1-4-7(8)5-6(2)3/h6-7H,1,4-5,8H2,2-3H3/q+1. The zero-order chi connectivity index (χ0) is 6.57. The number of hydrogen-bond donors (Lipinski definition) is 1. The Hall–Kier alpha value is -0.170. The van der Waals surface area contributed by atoms with Gasteiger partial charge in [-0.1, -0.05) is 13.8 Å². The third kappa shape index (κ3) is 4.00. The highest BCUT2D eigenvalue weighted by Gasteiger charge is 2.03. The van der Waals surface area contributed by atoms with Crippen LogP contribution in [0.15, 0.2) is 0 Å². The first-order valence-electron chi connectivity index (χ1n) is 3.21. The van der Waals surface area contributed by atoms with Gasteiger partial charge in [0.15, 0.2) is 0 Å². The van der Waals surface area contributed by atoms with Gasteiger partial charge in [-0.3, -0.25) is 0 Å². The van der Waals surface area contributed by atoms with Gasteiger partial charge in [0, 0.05) is 6.04 Å². The second kappa shape index (κ2) is 3.79. The summed E-state index contributed by atoms with van der Waals surface area (Å²) in [6.45, 7) is 8.07. The molecule has 0 bridgehead atoms. The van der Waals surface area contributed by atoms with Gasteiger partial charge in [-0.15, -0.1) is 0 Å². The Bertz CT molecular complexity index is 50.3. The van der Waals surface area contributed by atoms with Crippen LogP contribution in [0.4, 0.5) is 0 Å². The molecule has 0 aromatic carbocycles. The second-order valence-electron chi connectivity index (χ2n) is 2.68. The van der Waals surface area contributed by atoms with Crippen LogP contribution in [0, 0.1) is 12.8 Å². The highest BCUT2D eigenvalue weighted by molar-refractivity contribution is 4.63. The monoisotopic (exact) mass is 114 g/mol. The van der Waals surface area contributed by atoms with Crippen LogP contribution in [0.3, 0.4) is 0 Å². The molecule has 0 rings (SSSR count). The van der Waals surface area contributed by atoms with E-state index in [-0.39, 0.29) is 0 Å². The van der Waals surface area contributed by atoms with E-state index in [9.17, 15) is 0 Å². The van der Waals surface area contributed by atoms with Gasteiger partial charge in [0.1, 0.15) is 6.42 Å². The van der Waals surface area contributed by atoms with Crippen LogP contribution in [-0.4, -0.2) is 6.04 Å². The topological polar surface area (TPSA) is 26.0 Å². The third-order valence-electron chi connectivity index (χ3n) is 1.14. The Morgan fingerprint density at radius 2 is 2.00 bits per heavy atom. The van der Waals surface area contributed by atoms with Crippen LogP contribution in [0.1, 0.15) is 26.7 Å². The predicted octanol–water partition coefficient (Wildman–Crippen LogP) is 1.58. The first-order valence-corrected chi connectivity index (χ1v) is 3.21. The molecule has 0 heterocycles. The Balaban J connectivity index is 3.10. The fraction of sp³-hybridized carbons (Fsp3) is 0.857. The van der Waals surface area contributed by atoms with Crippen molar-refractivity contribution in [3.63, 3.8) is 0 Å². The van der Waals surface area contributed by atoms with Gasteiger partial charge >= 0.3 is 0 Å². The lowest BCUT2D eigenvalue weighted by atomic mass is 10.0. The fourth-order valence-electron chi connectivity index (χ4n) is 0.723. The van der Waals surface area contributed by atoms with Gasteiger partial charge in [-0.2, -0.15) is 0 Å². The van der Waals surface area contributed by atoms with Crippen LogP contribution in [0.2, 0.25) is 0 Å². The van der Waals surface area contributed by atoms with E-state index in [1.54, 1.807) is 0 Å². The lowest BCUT2D eigenvalue weighted by molar-refractivity contribution is 0.497. The summed E-state index contributed by atoms with van der Waals surface area (Å²) in [5.41, 5.74) is 5.61. The molecule has 0 aliphatic heterocycles. The lowest BCUT2D eigenvalue weighted by Gasteiger charge is -2.06. The molecule has 0 aliphatic carbocycles. The summed E-state index contributed by atoms with van der Waals surface area (Å²) in [7, 11) is 0. The minimum Gasteiger partial charge on any atom is -0.324 e. The minimum atomic E-state index is 0.315. The molecule has 0 amide bonds. The van der Waals surface area contributed by atoms with Crippen molar-refractivity contribution in [3.05, 3.63) is 6.92 Å². The average molecular weight is 114 g/mol. The van der Waals surface area contributed by atoms with E-state index in [2.05, 4.69) is 20.8 Å². The van der Waals surface area contributed by atoms with Crippen molar-refractivity contribution < 1.29 is 0 Å². The van der Waals surface area contributed by atoms with Crippen molar-refractivity contribution in [1.29, 1.82) is 0 Å². The summed E-state index contributed by atoms with van der Waals surface area (Å²) in [5.74, 6) is 0.715. The Morgan fingerprint density at radius 3 is 2.12 bits per heavy atom. The number of hydrogen-bond acceptors (Lipinski definition) is 1. The molecule has 1 atom stereocenters. The van der Waals surface area contributed by atoms with Gasteiger partial charge in [0.2, 0.25) is 0 Å². The highest BCUT2D eigenvalue weighted by atomic mass is 14.6. The molecule has 2 N–H and O–H groups in total. The molecule has 0 aromatic heterocycles. The first-order chi connectivity index (χ1) is 3.66. The fourth-order valence-corrected chi connectivity index (χ4v) is 0.723. The summed E-state index contributed by atoms with van der Waals surface area (Å²) in [6.07, 6.45) is 1.96. The van der Waals surface area contributed by atoms with Gasteiger partial charge in [-0.05, 0) is 12.3 Å². The van der Waals surface area contributed by atoms with Crippen LogP contribution in [-0.2, 0) is 0 Å². The van der Waals surface area contributed by atoms with Crippen LogP contribution in [0.25, 0.3) is 0 Å². The van der Waals surface area contributed by atoms with E-state index in [1.807, 2.05) is 0 Å². The van der Waals surface area contributed by atoms with E-state index in [1.165, 1.54) is 0 Å². The van der Waals surface area contributed by atoms with Crippen LogP contribution < -0.4 is 5.73 Å². The maximum Gasteiger partial charge on any atom is 0.100 e. The van der Waals surface area contributed by atoms with Gasteiger partial charge in [0.25, 0.3) is 0 Å². The normalized spacial score (nSPS) is 14.5. The second-order valence-corrected chi connectivity index (χ2v) is 2.68. The lowest BCUT2D eigenvalue weighted by Crippen LogP contribution is -2.20. The van der Waals surface area contributed by atoms with Crippen molar-refractivity contribution in [1.82, 2.24) is 0 Å². The molecule has 1 unspecified atom stereocenters. The first kappa shape index (κ1) is 7.83. The van der Waals surface area contributed by atoms with Gasteiger partial charge < -0.3 is 5.73 Å². The minimum absolute atomic E-state index is 0.315. The van der Waals surface area contributed by atoms with Crippen LogP contribution >= 0.6 is 0 Å². The molecule has 0 fully saturated rings. The molecular formula is C7H16N+. The zero-order valence-electron chi connectivity index (χ0n) is 5.85. The maximum absolute atomic E-state index is 5.61. The van der Waals surface area contributed by atoms with Crippen LogP contribution in [0.5, 0.6) is 0 Å². The zero-order valence-corrected chi connectivity index (χ0v) is 5.85. The molecule has 0 spiro atoms. The van der Waals surface area contributed by atoms with Crippen molar-refractivity contribution >= 4 is 0 Å². The quantitative estimate of drug-likeness (QED) is 0.554. The van der Waals surface area contributed by atoms with Gasteiger partial charge in [0.05, 0.1) is 6.92 Å². The van der Waals surface area contributed by atoms with Crippen molar-refractivity contribution in [2.75, 3.05) is 0 Å². The molecule has 0 aliphatic rings. The molecule has 0 radical (unpaired) electrons. The summed E-state index contributed by atoms with van der Waals surface area (Å²) in [5, 5.41) is 0. The third-order valence-corrected chi connectivity index (χ3v) is 1.14. The Labute approximate surface area is 52.3 Å². The van der Waals surface area contributed by atoms with Crippen molar-refractivity contribution in [2.24, 2.45) is 11.7 Å². The van der Waals surface area contributed by atoms with Crippen molar-refractivity contribution in [2.45, 2.75) is 32.7 Å². The number of rotatable bonds is 3. The molecule has 1 nitrogen and oxygen atoms in total. The summed E-state index contributed by atoms with van der Waals surface area (Å²) in [6, 6.07) is 0.315. The molecule has 0 aromatic rings. The van der Waals surface area contributed by atoms with Crippen molar-refractivity contribution in [3.8, 4) is 0 Å². The van der Waals surface area contributed by atoms with E-state index in [0.29, 0.717) is 12.0 Å². The Morgan fingerprint density at radius 1 is 1.50 bits per heavy atom. The van der Waals surface area contributed by atoms with Gasteiger partial charge in [-0.25, -0.2) is 0 Å². The molecular weight excluding hydrogens is 98.1 g/mol. The predicted molar refractivity (Wildman–Crippen MR) is 37.4 cm³/mol. The smallest absolute Gasteiger partial charge is 0.100 e. The SMILES string of the molecule is [CH2+]CC(N)CC(C)C. The highest BCUT2D eigenvalue weighted by Crippen LogP contribution is 2.03. The summed E-state index contributed by atoms with van der Waals surface area (Å²) in [4.78, 5) is 0. The molecule has 1 heteroatoms. The summed E-state index contributed by atoms with van der Waals surface area (Å²) >= 11 is 0. The molecule has 48 valence electrons. The molecule has 0 saturated carbocycles. The summed E-state index contributed by atoms with van der Waals surface area (Å²) < 4.78 is 0. The van der Waals surface area contributed by atoms with E-state index in [4.69, 9.17) is 5.73 Å². The largest absolute Gasteiger partial charge is 0.324 e. The van der Waals surface area contributed by atoms with E-state index in [0.717, 1.165) is 12.8 Å². The van der Waals surface area contributed by atoms with E-state index >= 15 is 0 Å². The Kier molecular flexibility index (Phi) is 3.71. The number of nitrogens with two attached hydrogens (primary N) is 1. The van der Waals surface area contributed by atoms with E-state index < -0.39 is 0 Å². The molecule has 8 heavy (non-hydrogen) atoms. The average Bonchev–Trinajstić information content (AvgIpc) is 1.65. The molecule has 0 saturated heterocycles. The maximum atomic E-state index is 5.61.